The summed E-state index contributed by atoms with van der Waals surface area (Å²) >= 11 is 0. The summed E-state index contributed by atoms with van der Waals surface area (Å²) in [5.74, 6) is 0.980. The Hall–Kier alpha value is -2.02. The van der Waals surface area contributed by atoms with Crippen molar-refractivity contribution in [1.29, 1.82) is 0 Å². The van der Waals surface area contributed by atoms with Gasteiger partial charge in [-0.15, -0.1) is 0 Å². The predicted octanol–water partition coefficient (Wildman–Crippen LogP) is 5.01. The fourth-order valence-electron chi connectivity index (χ4n) is 2.84. The lowest BCUT2D eigenvalue weighted by atomic mass is 9.94. The van der Waals surface area contributed by atoms with Gasteiger partial charge >= 0.3 is 0 Å². The van der Waals surface area contributed by atoms with Gasteiger partial charge in [-0.2, -0.15) is 0 Å². The van der Waals surface area contributed by atoms with Crippen LogP contribution in [0, 0.1) is 13.8 Å². The van der Waals surface area contributed by atoms with Gasteiger partial charge in [0.1, 0.15) is 5.75 Å². The summed E-state index contributed by atoms with van der Waals surface area (Å²) in [6.07, 6.45) is 0. The molecule has 0 amide bonds. The van der Waals surface area contributed by atoms with E-state index in [0.717, 1.165) is 5.75 Å². The van der Waals surface area contributed by atoms with Crippen LogP contribution < -0.4 is 4.74 Å². The maximum atomic E-state index is 5.76. The van der Waals surface area contributed by atoms with Crippen molar-refractivity contribution in [1.82, 2.24) is 0 Å². The first-order chi connectivity index (χ1) is 9.22. The van der Waals surface area contributed by atoms with Crippen LogP contribution in [0.5, 0.6) is 5.75 Å². The molecular weight excluding hydrogens is 232 g/mol. The first-order valence-electron chi connectivity index (χ1n) is 6.77. The van der Waals surface area contributed by atoms with E-state index in [0.29, 0.717) is 6.61 Å². The Labute approximate surface area is 113 Å². The van der Waals surface area contributed by atoms with E-state index in [1.807, 2.05) is 6.92 Å². The largest absolute Gasteiger partial charge is 0.493 e. The van der Waals surface area contributed by atoms with Gasteiger partial charge < -0.3 is 4.74 Å². The zero-order chi connectivity index (χ0) is 13.4. The van der Waals surface area contributed by atoms with Crippen molar-refractivity contribution in [2.75, 3.05) is 6.61 Å². The molecule has 0 heterocycles. The lowest BCUT2D eigenvalue weighted by molar-refractivity contribution is 0.344. The van der Waals surface area contributed by atoms with Crippen molar-refractivity contribution < 1.29 is 4.74 Å². The Morgan fingerprint density at radius 2 is 1.58 bits per heavy atom. The highest BCUT2D eigenvalue weighted by Crippen LogP contribution is 2.35. The van der Waals surface area contributed by atoms with Crippen LogP contribution in [-0.2, 0) is 0 Å². The molecule has 0 bridgehead atoms. The molecule has 0 saturated heterocycles. The molecule has 0 aliphatic rings. The third-order valence-electron chi connectivity index (χ3n) is 3.69. The van der Waals surface area contributed by atoms with Crippen LogP contribution in [0.3, 0.4) is 0 Å². The van der Waals surface area contributed by atoms with Crippen LogP contribution in [-0.4, -0.2) is 6.61 Å². The highest BCUT2D eigenvalue weighted by atomic mass is 16.5. The highest BCUT2D eigenvalue weighted by molar-refractivity contribution is 6.12. The van der Waals surface area contributed by atoms with E-state index in [-0.39, 0.29) is 0 Å². The summed E-state index contributed by atoms with van der Waals surface area (Å²) < 4.78 is 5.76. The van der Waals surface area contributed by atoms with E-state index in [2.05, 4.69) is 56.3 Å². The summed E-state index contributed by atoms with van der Waals surface area (Å²) in [5.41, 5.74) is 2.62. The molecule has 0 saturated carbocycles. The molecule has 0 radical (unpaired) electrons. The number of hydrogen-bond acceptors (Lipinski definition) is 1. The molecule has 0 aromatic heterocycles. The lowest BCUT2D eigenvalue weighted by Gasteiger charge is -2.13. The van der Waals surface area contributed by atoms with Gasteiger partial charge in [-0.05, 0) is 60.2 Å². The van der Waals surface area contributed by atoms with Gasteiger partial charge in [-0.25, -0.2) is 0 Å². The third-order valence-corrected chi connectivity index (χ3v) is 3.69. The van der Waals surface area contributed by atoms with Gasteiger partial charge in [0.05, 0.1) is 6.61 Å². The zero-order valence-electron chi connectivity index (χ0n) is 11.7. The maximum absolute atomic E-state index is 5.76. The van der Waals surface area contributed by atoms with Gasteiger partial charge in [-0.3, -0.25) is 0 Å². The summed E-state index contributed by atoms with van der Waals surface area (Å²) in [6.45, 7) is 7.07. The second-order valence-corrected chi connectivity index (χ2v) is 4.98. The van der Waals surface area contributed by atoms with Crippen LogP contribution in [0.2, 0.25) is 0 Å². The van der Waals surface area contributed by atoms with Gasteiger partial charge in [0, 0.05) is 5.39 Å². The Morgan fingerprint density at radius 3 is 2.37 bits per heavy atom. The quantitative estimate of drug-likeness (QED) is 0.581. The highest BCUT2D eigenvalue weighted by Gasteiger charge is 2.09. The van der Waals surface area contributed by atoms with Crippen molar-refractivity contribution >= 4 is 21.5 Å². The van der Waals surface area contributed by atoms with Crippen LogP contribution in [0.25, 0.3) is 21.5 Å². The van der Waals surface area contributed by atoms with E-state index in [1.54, 1.807) is 0 Å². The molecule has 0 unspecified atom stereocenters. The van der Waals surface area contributed by atoms with E-state index >= 15 is 0 Å². The van der Waals surface area contributed by atoms with Crippen molar-refractivity contribution in [3.05, 3.63) is 53.6 Å². The number of fused-ring (bicyclic) bond motifs is 3. The fraction of sp³-hybridized carbons (Fsp3) is 0.222. The van der Waals surface area contributed by atoms with Gasteiger partial charge in [0.15, 0.2) is 0 Å². The zero-order valence-corrected chi connectivity index (χ0v) is 11.7. The molecule has 3 aromatic carbocycles. The van der Waals surface area contributed by atoms with Crippen molar-refractivity contribution in [2.45, 2.75) is 20.8 Å². The van der Waals surface area contributed by atoms with Gasteiger partial charge in [0.25, 0.3) is 0 Å². The molecule has 96 valence electrons. The average molecular weight is 250 g/mol. The monoisotopic (exact) mass is 250 g/mol. The van der Waals surface area contributed by atoms with Gasteiger partial charge in [0.2, 0.25) is 0 Å². The molecule has 0 spiro atoms. The van der Waals surface area contributed by atoms with Gasteiger partial charge in [-0.1, -0.05) is 30.3 Å². The van der Waals surface area contributed by atoms with E-state index in [4.69, 9.17) is 4.74 Å². The Kier molecular flexibility index (Phi) is 2.90. The summed E-state index contributed by atoms with van der Waals surface area (Å²) in [5, 5.41) is 5.17. The first-order valence-corrected chi connectivity index (χ1v) is 6.77. The summed E-state index contributed by atoms with van der Waals surface area (Å²) in [6, 6.07) is 15.1. The minimum atomic E-state index is 0.698. The van der Waals surface area contributed by atoms with Crippen molar-refractivity contribution in [2.24, 2.45) is 0 Å². The minimum absolute atomic E-state index is 0.698. The molecule has 1 nitrogen and oxygen atoms in total. The average Bonchev–Trinajstić information content (AvgIpc) is 2.40. The second kappa shape index (κ2) is 4.58. The van der Waals surface area contributed by atoms with Crippen LogP contribution in [0.1, 0.15) is 18.1 Å². The SMILES string of the molecule is CCOc1cccc2c1cc(C)c1cccc(C)c12. The first kappa shape index (κ1) is 12.0. The number of ether oxygens (including phenoxy) is 1. The second-order valence-electron chi connectivity index (χ2n) is 4.98. The van der Waals surface area contributed by atoms with E-state index in [1.165, 1.54) is 32.7 Å². The Balaban J connectivity index is 2.51. The van der Waals surface area contributed by atoms with Crippen LogP contribution in [0.4, 0.5) is 0 Å². The molecular formula is C18H18O. The maximum Gasteiger partial charge on any atom is 0.127 e. The number of aryl methyl sites for hydroxylation is 2. The normalized spacial score (nSPS) is 11.1. The smallest absolute Gasteiger partial charge is 0.127 e. The Morgan fingerprint density at radius 1 is 0.842 bits per heavy atom. The molecule has 0 N–H and O–H groups in total. The number of rotatable bonds is 2. The molecule has 3 aromatic rings. The fourth-order valence-corrected chi connectivity index (χ4v) is 2.84. The Bertz CT molecular complexity index is 756. The van der Waals surface area contributed by atoms with Crippen LogP contribution in [0.15, 0.2) is 42.5 Å². The molecule has 19 heavy (non-hydrogen) atoms. The molecule has 0 aliphatic heterocycles. The lowest BCUT2D eigenvalue weighted by Crippen LogP contribution is -1.93. The summed E-state index contributed by atoms with van der Waals surface area (Å²) in [7, 11) is 0. The minimum Gasteiger partial charge on any atom is -0.493 e. The number of hydrogen-bond donors (Lipinski definition) is 0. The molecule has 0 aliphatic carbocycles. The molecule has 1 heteroatoms. The molecule has 0 fully saturated rings. The standard InChI is InChI=1S/C18H18O/c1-4-19-17-10-6-9-15-16(17)11-13(3)14-8-5-7-12(2)18(14)15/h5-11H,4H2,1-3H3. The predicted molar refractivity (Wildman–Crippen MR) is 82.1 cm³/mol. The van der Waals surface area contributed by atoms with Crippen molar-refractivity contribution in [3.8, 4) is 5.75 Å². The van der Waals surface area contributed by atoms with E-state index in [9.17, 15) is 0 Å². The topological polar surface area (TPSA) is 9.23 Å². The summed E-state index contributed by atoms with van der Waals surface area (Å²) in [4.78, 5) is 0. The van der Waals surface area contributed by atoms with Crippen molar-refractivity contribution in [3.63, 3.8) is 0 Å². The number of benzene rings is 3. The third kappa shape index (κ3) is 1.86. The van der Waals surface area contributed by atoms with Crippen LogP contribution >= 0.6 is 0 Å². The molecule has 0 atom stereocenters. The van der Waals surface area contributed by atoms with E-state index < -0.39 is 0 Å². The molecule has 3 rings (SSSR count).